The van der Waals surface area contributed by atoms with E-state index in [1.807, 2.05) is 12.1 Å². The normalized spacial score (nSPS) is 13.6. The number of Topliss-reactive ketones (excluding diaryl/α,β-unsaturated/α-hetero) is 1. The molecule has 2 aromatic heterocycles. The van der Waals surface area contributed by atoms with Gasteiger partial charge in [-0.2, -0.15) is 28.1 Å². The predicted molar refractivity (Wildman–Crippen MR) is 180 cm³/mol. The number of carbonyl (C=O) groups is 4. The molecule has 1 aliphatic carbocycles. The number of amides is 2. The molecule has 1 saturated carbocycles. The molecule has 1 fully saturated rings. The summed E-state index contributed by atoms with van der Waals surface area (Å²) < 4.78 is 48.5. The van der Waals surface area contributed by atoms with Crippen LogP contribution in [-0.4, -0.2) is 74.5 Å². The summed E-state index contributed by atoms with van der Waals surface area (Å²) in [5, 5.41) is 20.9. The zero-order valence-electron chi connectivity index (χ0n) is 27.2. The summed E-state index contributed by atoms with van der Waals surface area (Å²) in [4.78, 5) is 65.6. The molecule has 0 radical (unpaired) electrons. The Kier molecular flexibility index (Phi) is 11.4. The molecule has 19 heteroatoms. The first-order valence-corrected chi connectivity index (χ1v) is 15.8. The number of ether oxygens (including phenoxy) is 2. The van der Waals surface area contributed by atoms with Crippen molar-refractivity contribution in [3.8, 4) is 11.9 Å². The van der Waals surface area contributed by atoms with Crippen LogP contribution < -0.4 is 30.7 Å². The number of carbonyl (C=O) groups excluding carboxylic acids is 3. The third kappa shape index (κ3) is 10.3. The standard InChI is InChI=1S/C33H30ClF3N8O7/c1-51-25-16-22(12-15-38-25)39-27(48)24(46)11-10-23(28(49)50)41-26(47)18-2-8-21(9-3-18)40-29-42-30(44-31(43-29)52-17-33(35,36)37)45-32(13-14-32)19-4-6-20(34)7-5-19/h2-9,12,15-16,23H,10-11,13-14,17H2,1H3,(H,41,47)(H,49,50)(H,38,39,48)(H2,40,42,43,44,45)/t23-/m0/s1. The van der Waals surface area contributed by atoms with E-state index in [9.17, 15) is 37.5 Å². The van der Waals surface area contributed by atoms with Gasteiger partial charge in [-0.05, 0) is 67.3 Å². The summed E-state index contributed by atoms with van der Waals surface area (Å²) >= 11 is 6.01. The van der Waals surface area contributed by atoms with Crippen LogP contribution in [-0.2, 0) is 19.9 Å². The lowest BCUT2D eigenvalue weighted by Gasteiger charge is -2.19. The van der Waals surface area contributed by atoms with Crippen molar-refractivity contribution in [2.24, 2.45) is 0 Å². The molecule has 2 aromatic carbocycles. The average molecular weight is 743 g/mol. The van der Waals surface area contributed by atoms with E-state index in [2.05, 4.69) is 41.2 Å². The number of benzene rings is 2. The monoisotopic (exact) mass is 742 g/mol. The maximum absolute atomic E-state index is 12.9. The highest BCUT2D eigenvalue weighted by molar-refractivity contribution is 6.40. The first-order chi connectivity index (χ1) is 24.7. The quantitative estimate of drug-likeness (QED) is 0.0972. The fourth-order valence-electron chi connectivity index (χ4n) is 4.79. The van der Waals surface area contributed by atoms with E-state index in [4.69, 9.17) is 21.1 Å². The number of methoxy groups -OCH3 is 1. The average Bonchev–Trinajstić information content (AvgIpc) is 3.89. The van der Waals surface area contributed by atoms with Crippen molar-refractivity contribution in [3.05, 3.63) is 83.0 Å². The number of carboxylic acid groups (broad SMARTS) is 1. The van der Waals surface area contributed by atoms with Gasteiger partial charge in [0.05, 0.1) is 12.6 Å². The number of carboxylic acids is 1. The van der Waals surface area contributed by atoms with Crippen molar-refractivity contribution in [1.29, 1.82) is 0 Å². The Balaban J connectivity index is 1.22. The number of ketones is 1. The van der Waals surface area contributed by atoms with Crippen LogP contribution in [0.5, 0.6) is 11.9 Å². The molecule has 5 N–H and O–H groups in total. The summed E-state index contributed by atoms with van der Waals surface area (Å²) in [7, 11) is 1.38. The number of halogens is 4. The summed E-state index contributed by atoms with van der Waals surface area (Å²) in [5.74, 6) is -4.12. The molecule has 272 valence electrons. The van der Waals surface area contributed by atoms with Crippen LogP contribution >= 0.6 is 11.6 Å². The molecule has 15 nitrogen and oxygen atoms in total. The molecule has 0 spiro atoms. The van der Waals surface area contributed by atoms with Crippen LogP contribution in [0.3, 0.4) is 0 Å². The van der Waals surface area contributed by atoms with Gasteiger partial charge in [-0.1, -0.05) is 23.7 Å². The molecule has 52 heavy (non-hydrogen) atoms. The van der Waals surface area contributed by atoms with E-state index in [1.165, 1.54) is 49.7 Å². The molecule has 0 aliphatic heterocycles. The Labute approximate surface area is 298 Å². The van der Waals surface area contributed by atoms with E-state index >= 15 is 0 Å². The molecular weight excluding hydrogens is 713 g/mol. The third-order valence-corrected chi connectivity index (χ3v) is 7.85. The summed E-state index contributed by atoms with van der Waals surface area (Å²) in [6.45, 7) is -1.64. The molecule has 0 unspecified atom stereocenters. The van der Waals surface area contributed by atoms with Gasteiger partial charge in [0, 0.05) is 40.6 Å². The van der Waals surface area contributed by atoms with Gasteiger partial charge in [0.25, 0.3) is 11.8 Å². The van der Waals surface area contributed by atoms with Gasteiger partial charge in [-0.25, -0.2) is 9.78 Å². The minimum absolute atomic E-state index is 0.0401. The highest BCUT2D eigenvalue weighted by Crippen LogP contribution is 2.48. The minimum Gasteiger partial charge on any atom is -0.481 e. The first-order valence-electron chi connectivity index (χ1n) is 15.5. The van der Waals surface area contributed by atoms with Crippen LogP contribution in [0.4, 0.5) is 36.4 Å². The van der Waals surface area contributed by atoms with E-state index in [0.717, 1.165) is 5.56 Å². The highest BCUT2D eigenvalue weighted by atomic mass is 35.5. The number of alkyl halides is 3. The van der Waals surface area contributed by atoms with Crippen LogP contribution in [0.2, 0.25) is 5.02 Å². The third-order valence-electron chi connectivity index (χ3n) is 7.60. The number of hydrogen-bond donors (Lipinski definition) is 5. The maximum atomic E-state index is 12.9. The number of rotatable bonds is 16. The molecular formula is C33H30ClF3N8O7. The Morgan fingerprint density at radius 1 is 0.962 bits per heavy atom. The predicted octanol–water partition coefficient (Wildman–Crippen LogP) is 4.89. The largest absolute Gasteiger partial charge is 0.481 e. The van der Waals surface area contributed by atoms with Crippen molar-refractivity contribution in [3.63, 3.8) is 0 Å². The molecule has 1 aliphatic rings. The number of nitrogens with zero attached hydrogens (tertiary/aromatic N) is 4. The Bertz CT molecular complexity index is 1950. The summed E-state index contributed by atoms with van der Waals surface area (Å²) in [6.07, 6.45) is -2.75. The highest BCUT2D eigenvalue weighted by Gasteiger charge is 2.45. The Hall–Kier alpha value is -6.04. The first kappa shape index (κ1) is 37.2. The van der Waals surface area contributed by atoms with E-state index in [0.29, 0.717) is 23.6 Å². The number of nitrogens with one attached hydrogen (secondary N) is 4. The van der Waals surface area contributed by atoms with Crippen LogP contribution in [0.15, 0.2) is 66.9 Å². The maximum Gasteiger partial charge on any atom is 0.422 e. The zero-order chi connectivity index (χ0) is 37.5. The van der Waals surface area contributed by atoms with Gasteiger partial charge in [0.15, 0.2) is 6.61 Å². The second-order valence-electron chi connectivity index (χ2n) is 11.5. The molecule has 2 amide bonds. The van der Waals surface area contributed by atoms with Gasteiger partial charge < -0.3 is 35.8 Å². The van der Waals surface area contributed by atoms with E-state index in [-0.39, 0.29) is 35.4 Å². The lowest BCUT2D eigenvalue weighted by Crippen LogP contribution is -2.41. The van der Waals surface area contributed by atoms with Crippen molar-refractivity contribution in [1.82, 2.24) is 25.3 Å². The Morgan fingerprint density at radius 2 is 1.65 bits per heavy atom. The van der Waals surface area contributed by atoms with Crippen molar-refractivity contribution in [2.45, 2.75) is 43.4 Å². The van der Waals surface area contributed by atoms with Gasteiger partial charge in [0.2, 0.25) is 23.6 Å². The molecule has 1 atom stereocenters. The topological polar surface area (TPSA) is 207 Å². The second-order valence-corrected chi connectivity index (χ2v) is 11.9. The van der Waals surface area contributed by atoms with Gasteiger partial charge in [-0.15, -0.1) is 0 Å². The SMILES string of the molecule is COc1cc(NC(=O)C(=O)CC[C@H](NC(=O)c2ccc(Nc3nc(NC4(c5ccc(Cl)cc5)CC4)nc(OCC(F)(F)F)n3)cc2)C(=O)O)ccn1. The van der Waals surface area contributed by atoms with Gasteiger partial charge >= 0.3 is 18.2 Å². The van der Waals surface area contributed by atoms with Crippen LogP contribution in [0, 0.1) is 0 Å². The van der Waals surface area contributed by atoms with E-state index < -0.39 is 60.4 Å². The van der Waals surface area contributed by atoms with Gasteiger partial charge in [-0.3, -0.25) is 14.4 Å². The second kappa shape index (κ2) is 15.9. The number of hydrogen-bond acceptors (Lipinski definition) is 12. The number of anilines is 4. The molecule has 2 heterocycles. The zero-order valence-corrected chi connectivity index (χ0v) is 27.9. The van der Waals surface area contributed by atoms with Crippen molar-refractivity contribution < 1.29 is 46.9 Å². The lowest BCUT2D eigenvalue weighted by atomic mass is 10.1. The fourth-order valence-corrected chi connectivity index (χ4v) is 4.92. The lowest BCUT2D eigenvalue weighted by molar-refractivity contribution is -0.154. The molecule has 0 saturated heterocycles. The smallest absolute Gasteiger partial charge is 0.422 e. The van der Waals surface area contributed by atoms with Gasteiger partial charge in [0.1, 0.15) is 6.04 Å². The summed E-state index contributed by atoms with van der Waals surface area (Å²) in [6, 6.07) is 13.4. The molecule has 0 bridgehead atoms. The number of aromatic nitrogens is 4. The van der Waals surface area contributed by atoms with Crippen molar-refractivity contribution >= 4 is 58.4 Å². The number of aliphatic carboxylic acids is 1. The van der Waals surface area contributed by atoms with Crippen LogP contribution in [0.1, 0.15) is 41.6 Å². The molecule has 5 rings (SSSR count). The van der Waals surface area contributed by atoms with E-state index in [1.54, 1.807) is 12.1 Å². The fraction of sp³-hybridized carbons (Fsp3) is 0.273. The summed E-state index contributed by atoms with van der Waals surface area (Å²) in [5.41, 5.74) is 0.908. The Morgan fingerprint density at radius 3 is 2.29 bits per heavy atom. The van der Waals surface area contributed by atoms with Crippen molar-refractivity contribution in [2.75, 3.05) is 29.7 Å². The number of pyridine rings is 1. The molecule has 4 aromatic rings. The minimum atomic E-state index is -4.65. The van der Waals surface area contributed by atoms with Crippen LogP contribution in [0.25, 0.3) is 0 Å².